The highest BCUT2D eigenvalue weighted by Gasteiger charge is 2.13. The smallest absolute Gasteiger partial charge is 0.224 e. The van der Waals surface area contributed by atoms with E-state index in [4.69, 9.17) is 4.74 Å². The van der Waals surface area contributed by atoms with Gasteiger partial charge in [-0.1, -0.05) is 18.2 Å². The molecule has 1 amide bonds. The molecule has 0 bridgehead atoms. The van der Waals surface area contributed by atoms with Crippen molar-refractivity contribution in [2.45, 2.75) is 38.6 Å². The third-order valence-electron chi connectivity index (χ3n) is 3.99. The molecule has 4 heteroatoms. The van der Waals surface area contributed by atoms with Crippen LogP contribution in [0.5, 0.6) is 5.75 Å². The van der Waals surface area contributed by atoms with E-state index in [1.807, 2.05) is 37.3 Å². The molecular formula is C19H22N2O2. The van der Waals surface area contributed by atoms with E-state index in [2.05, 4.69) is 16.4 Å². The first-order valence-electron chi connectivity index (χ1n) is 8.14. The summed E-state index contributed by atoms with van der Waals surface area (Å²) < 4.78 is 5.61. The van der Waals surface area contributed by atoms with Crippen LogP contribution in [0.2, 0.25) is 0 Å². The Morgan fingerprint density at radius 3 is 3.09 bits per heavy atom. The average molecular weight is 310 g/mol. The second-order valence-electron chi connectivity index (χ2n) is 6.06. The molecule has 120 valence electrons. The Bertz CT molecular complexity index is 670. The zero-order valence-corrected chi connectivity index (χ0v) is 13.4. The number of fused-ring (bicyclic) bond motifs is 1. The normalized spacial score (nSPS) is 14.5. The summed E-state index contributed by atoms with van der Waals surface area (Å²) in [5, 5.41) is 3.05. The summed E-state index contributed by atoms with van der Waals surface area (Å²) >= 11 is 0. The van der Waals surface area contributed by atoms with Gasteiger partial charge in [0.05, 0.1) is 13.0 Å². The molecule has 1 N–H and O–H groups in total. The van der Waals surface area contributed by atoms with Crippen LogP contribution in [0.25, 0.3) is 0 Å². The number of amides is 1. The summed E-state index contributed by atoms with van der Waals surface area (Å²) in [6, 6.07) is 12.0. The summed E-state index contributed by atoms with van der Waals surface area (Å²) in [6.45, 7) is 2.80. The van der Waals surface area contributed by atoms with E-state index >= 15 is 0 Å². The maximum Gasteiger partial charge on any atom is 0.224 e. The quantitative estimate of drug-likeness (QED) is 0.924. The summed E-state index contributed by atoms with van der Waals surface area (Å²) in [7, 11) is 0. The lowest BCUT2D eigenvalue weighted by molar-refractivity contribution is -0.121. The first-order chi connectivity index (χ1) is 11.2. The van der Waals surface area contributed by atoms with E-state index in [1.54, 1.807) is 6.20 Å². The highest BCUT2D eigenvalue weighted by atomic mass is 16.5. The molecular weight excluding hydrogens is 288 g/mol. The van der Waals surface area contributed by atoms with Gasteiger partial charge in [0, 0.05) is 24.4 Å². The topological polar surface area (TPSA) is 51.2 Å². The fourth-order valence-electron chi connectivity index (χ4n) is 2.92. The fraction of sp³-hybridized carbons (Fsp3) is 0.368. The lowest BCUT2D eigenvalue weighted by Crippen LogP contribution is -2.35. The van der Waals surface area contributed by atoms with Gasteiger partial charge in [-0.05, 0) is 49.1 Å². The molecule has 0 saturated heterocycles. The zero-order chi connectivity index (χ0) is 16.1. The van der Waals surface area contributed by atoms with Crippen molar-refractivity contribution in [1.82, 2.24) is 10.3 Å². The molecule has 23 heavy (non-hydrogen) atoms. The van der Waals surface area contributed by atoms with Crippen LogP contribution < -0.4 is 10.1 Å². The summed E-state index contributed by atoms with van der Waals surface area (Å²) in [5.41, 5.74) is 3.24. The number of aromatic nitrogens is 1. The van der Waals surface area contributed by atoms with Gasteiger partial charge in [0.2, 0.25) is 5.91 Å². The Morgan fingerprint density at radius 1 is 1.35 bits per heavy atom. The Morgan fingerprint density at radius 2 is 2.26 bits per heavy atom. The van der Waals surface area contributed by atoms with Gasteiger partial charge in [-0.15, -0.1) is 0 Å². The third kappa shape index (κ3) is 4.31. The summed E-state index contributed by atoms with van der Waals surface area (Å²) in [4.78, 5) is 16.5. The lowest BCUT2D eigenvalue weighted by atomic mass is 10.0. The summed E-state index contributed by atoms with van der Waals surface area (Å²) in [5.74, 6) is 1.01. The highest BCUT2D eigenvalue weighted by Crippen LogP contribution is 2.25. The van der Waals surface area contributed by atoms with Crippen molar-refractivity contribution >= 4 is 5.91 Å². The number of carbonyl (C=O) groups is 1. The number of nitrogens with zero attached hydrogens (tertiary/aromatic N) is 1. The van der Waals surface area contributed by atoms with Gasteiger partial charge in [0.25, 0.3) is 0 Å². The molecule has 1 aromatic heterocycles. The number of aryl methyl sites for hydroxylation is 1. The molecule has 0 radical (unpaired) electrons. The van der Waals surface area contributed by atoms with Gasteiger partial charge < -0.3 is 10.1 Å². The van der Waals surface area contributed by atoms with Gasteiger partial charge in [0.1, 0.15) is 5.75 Å². The van der Waals surface area contributed by atoms with Crippen molar-refractivity contribution in [2.24, 2.45) is 0 Å². The van der Waals surface area contributed by atoms with Gasteiger partial charge in [0.15, 0.2) is 0 Å². The Balaban J connectivity index is 1.54. The number of carbonyl (C=O) groups excluding carboxylic acids is 1. The fourth-order valence-corrected chi connectivity index (χ4v) is 2.92. The minimum Gasteiger partial charge on any atom is -0.493 e. The number of rotatable bonds is 5. The van der Waals surface area contributed by atoms with Crippen LogP contribution in [-0.4, -0.2) is 23.5 Å². The summed E-state index contributed by atoms with van der Waals surface area (Å²) in [6.07, 6.45) is 4.99. The van der Waals surface area contributed by atoms with Crippen molar-refractivity contribution in [2.75, 3.05) is 6.61 Å². The van der Waals surface area contributed by atoms with E-state index in [-0.39, 0.29) is 11.9 Å². The van der Waals surface area contributed by atoms with E-state index in [0.717, 1.165) is 42.9 Å². The lowest BCUT2D eigenvalue weighted by Gasteiger charge is -2.18. The number of benzene rings is 1. The van der Waals surface area contributed by atoms with Crippen LogP contribution in [0.3, 0.4) is 0 Å². The molecule has 0 spiro atoms. The number of hydrogen-bond acceptors (Lipinski definition) is 3. The van der Waals surface area contributed by atoms with Crippen molar-refractivity contribution in [3.8, 4) is 5.75 Å². The van der Waals surface area contributed by atoms with Gasteiger partial charge >= 0.3 is 0 Å². The van der Waals surface area contributed by atoms with Crippen molar-refractivity contribution in [3.63, 3.8) is 0 Å². The van der Waals surface area contributed by atoms with E-state index in [0.29, 0.717) is 6.42 Å². The Hall–Kier alpha value is -2.36. The largest absolute Gasteiger partial charge is 0.493 e. The minimum absolute atomic E-state index is 0.0464. The van der Waals surface area contributed by atoms with Crippen LogP contribution in [0.4, 0.5) is 0 Å². The van der Waals surface area contributed by atoms with Crippen LogP contribution in [-0.2, 0) is 24.1 Å². The molecule has 0 fully saturated rings. The maximum atomic E-state index is 12.2. The SMILES string of the molecule is C[C@@H](Cc1ccccn1)NC(=O)Cc1ccc2c(c1)CCCO2. The van der Waals surface area contributed by atoms with Crippen LogP contribution in [0, 0.1) is 0 Å². The Kier molecular flexibility index (Phi) is 4.91. The molecule has 2 aromatic rings. The van der Waals surface area contributed by atoms with Crippen molar-refractivity contribution in [1.29, 1.82) is 0 Å². The second-order valence-corrected chi connectivity index (χ2v) is 6.06. The predicted octanol–water partition coefficient (Wildman–Crippen LogP) is 2.70. The van der Waals surface area contributed by atoms with Crippen LogP contribution in [0.1, 0.15) is 30.2 Å². The number of hydrogen-bond donors (Lipinski definition) is 1. The highest BCUT2D eigenvalue weighted by molar-refractivity contribution is 5.79. The van der Waals surface area contributed by atoms with E-state index < -0.39 is 0 Å². The molecule has 0 aliphatic carbocycles. The Labute approximate surface area is 136 Å². The molecule has 1 aliphatic heterocycles. The number of ether oxygens (including phenoxy) is 1. The molecule has 1 atom stereocenters. The molecule has 1 aliphatic rings. The molecule has 1 aromatic carbocycles. The van der Waals surface area contributed by atoms with Gasteiger partial charge in [-0.25, -0.2) is 0 Å². The average Bonchev–Trinajstić information content (AvgIpc) is 2.55. The molecule has 4 nitrogen and oxygen atoms in total. The second kappa shape index (κ2) is 7.27. The van der Waals surface area contributed by atoms with Crippen LogP contribution >= 0.6 is 0 Å². The monoisotopic (exact) mass is 310 g/mol. The van der Waals surface area contributed by atoms with Crippen molar-refractivity contribution < 1.29 is 9.53 Å². The number of nitrogens with one attached hydrogen (secondary N) is 1. The first-order valence-corrected chi connectivity index (χ1v) is 8.14. The van der Waals surface area contributed by atoms with Crippen molar-refractivity contribution in [3.05, 3.63) is 59.4 Å². The van der Waals surface area contributed by atoms with E-state index in [9.17, 15) is 4.79 Å². The molecule has 0 unspecified atom stereocenters. The molecule has 0 saturated carbocycles. The van der Waals surface area contributed by atoms with Crippen LogP contribution in [0.15, 0.2) is 42.6 Å². The third-order valence-corrected chi connectivity index (χ3v) is 3.99. The number of pyridine rings is 1. The molecule has 2 heterocycles. The van der Waals surface area contributed by atoms with E-state index in [1.165, 1.54) is 5.56 Å². The standard InChI is InChI=1S/C19H22N2O2/c1-14(11-17-6-2-3-9-20-17)21-19(22)13-15-7-8-18-16(12-15)5-4-10-23-18/h2-3,6-9,12,14H,4-5,10-11,13H2,1H3,(H,21,22)/t14-/m0/s1. The zero-order valence-electron chi connectivity index (χ0n) is 13.4. The van der Waals surface area contributed by atoms with Gasteiger partial charge in [-0.2, -0.15) is 0 Å². The maximum absolute atomic E-state index is 12.2. The minimum atomic E-state index is 0.0464. The van der Waals surface area contributed by atoms with Gasteiger partial charge in [-0.3, -0.25) is 9.78 Å². The predicted molar refractivity (Wildman–Crippen MR) is 89.5 cm³/mol. The molecule has 3 rings (SSSR count). The first kappa shape index (κ1) is 15.5.